The summed E-state index contributed by atoms with van der Waals surface area (Å²) >= 11 is 5.85. The largest absolute Gasteiger partial charge is 0.496 e. The predicted molar refractivity (Wildman–Crippen MR) is 94.6 cm³/mol. The lowest BCUT2D eigenvalue weighted by Gasteiger charge is -2.15. The van der Waals surface area contributed by atoms with Crippen LogP contribution in [0.5, 0.6) is 5.75 Å². The lowest BCUT2D eigenvalue weighted by Crippen LogP contribution is -2.30. The Kier molecular flexibility index (Phi) is 6.30. The van der Waals surface area contributed by atoms with Gasteiger partial charge in [0.25, 0.3) is 5.91 Å². The fourth-order valence-electron chi connectivity index (χ4n) is 2.09. The van der Waals surface area contributed by atoms with E-state index in [2.05, 4.69) is 5.32 Å². The molecule has 8 nitrogen and oxygen atoms in total. The third kappa shape index (κ3) is 4.91. The van der Waals surface area contributed by atoms with E-state index in [1.54, 1.807) is 0 Å². The molecular formula is C17H14ClFN2O6. The van der Waals surface area contributed by atoms with Crippen molar-refractivity contribution in [1.82, 2.24) is 0 Å². The molecule has 2 rings (SSSR count). The molecule has 0 radical (unpaired) electrons. The molecule has 0 fully saturated rings. The van der Waals surface area contributed by atoms with Crippen LogP contribution >= 0.6 is 11.6 Å². The number of rotatable bonds is 6. The monoisotopic (exact) mass is 396 g/mol. The Labute approximate surface area is 158 Å². The van der Waals surface area contributed by atoms with Crippen LogP contribution in [0.2, 0.25) is 5.02 Å². The van der Waals surface area contributed by atoms with E-state index in [0.717, 1.165) is 18.2 Å². The highest BCUT2D eigenvalue weighted by Gasteiger charge is 2.23. The van der Waals surface area contributed by atoms with Crippen molar-refractivity contribution in [3.8, 4) is 5.75 Å². The quantitative estimate of drug-likeness (QED) is 0.454. The molecule has 2 aromatic rings. The fraction of sp³-hybridized carbons (Fsp3) is 0.176. The number of anilines is 1. The van der Waals surface area contributed by atoms with E-state index in [1.165, 1.54) is 32.2 Å². The molecule has 0 unspecified atom stereocenters. The highest BCUT2D eigenvalue weighted by atomic mass is 35.5. The number of halogens is 2. The molecule has 0 spiro atoms. The third-order valence-electron chi connectivity index (χ3n) is 3.44. The molecule has 1 N–H and O–H groups in total. The Morgan fingerprint density at radius 3 is 2.59 bits per heavy atom. The van der Waals surface area contributed by atoms with Gasteiger partial charge in [0.15, 0.2) is 6.10 Å². The van der Waals surface area contributed by atoms with Gasteiger partial charge in [-0.05, 0) is 37.3 Å². The first-order valence-corrected chi connectivity index (χ1v) is 7.90. The minimum atomic E-state index is -1.25. The first-order chi connectivity index (χ1) is 12.7. The summed E-state index contributed by atoms with van der Waals surface area (Å²) in [5, 5.41) is 13.3. The number of nitrogens with zero attached hydrogens (tertiary/aromatic N) is 1. The Bertz CT molecular complexity index is 905. The smallest absolute Gasteiger partial charge is 0.342 e. The Hall–Kier alpha value is -3.20. The number of nitro groups is 1. The summed E-state index contributed by atoms with van der Waals surface area (Å²) in [5.41, 5.74) is -0.778. The summed E-state index contributed by atoms with van der Waals surface area (Å²) in [6, 6.07) is 7.19. The summed E-state index contributed by atoms with van der Waals surface area (Å²) in [5.74, 6) is -2.43. The maximum atomic E-state index is 13.3. The van der Waals surface area contributed by atoms with Gasteiger partial charge in [-0.2, -0.15) is 4.39 Å². The van der Waals surface area contributed by atoms with Crippen molar-refractivity contribution in [1.29, 1.82) is 0 Å². The summed E-state index contributed by atoms with van der Waals surface area (Å²) in [4.78, 5) is 34.2. The maximum absolute atomic E-state index is 13.3. The second kappa shape index (κ2) is 8.45. The first kappa shape index (κ1) is 20.1. The zero-order valence-corrected chi connectivity index (χ0v) is 15.0. The lowest BCUT2D eigenvalue weighted by atomic mass is 10.2. The second-order valence-electron chi connectivity index (χ2n) is 5.30. The van der Waals surface area contributed by atoms with Gasteiger partial charge in [0.05, 0.1) is 12.0 Å². The van der Waals surface area contributed by atoms with Crippen molar-refractivity contribution < 1.29 is 28.4 Å². The van der Waals surface area contributed by atoms with Gasteiger partial charge in [-0.1, -0.05) is 11.6 Å². The topological polar surface area (TPSA) is 108 Å². The highest BCUT2D eigenvalue weighted by Crippen LogP contribution is 2.24. The first-order valence-electron chi connectivity index (χ1n) is 7.52. The van der Waals surface area contributed by atoms with Crippen LogP contribution < -0.4 is 10.1 Å². The van der Waals surface area contributed by atoms with Gasteiger partial charge in [0, 0.05) is 16.8 Å². The molecule has 0 aliphatic heterocycles. The number of hydrogen-bond donors (Lipinski definition) is 1. The zero-order chi connectivity index (χ0) is 20.1. The van der Waals surface area contributed by atoms with E-state index < -0.39 is 34.4 Å². The third-order valence-corrected chi connectivity index (χ3v) is 3.68. The number of carbonyl (C=O) groups excluding carboxylic acids is 2. The maximum Gasteiger partial charge on any atom is 0.342 e. The van der Waals surface area contributed by atoms with Crippen LogP contribution in [-0.2, 0) is 9.53 Å². The van der Waals surface area contributed by atoms with Gasteiger partial charge in [0.2, 0.25) is 5.82 Å². The van der Waals surface area contributed by atoms with E-state index in [9.17, 15) is 24.1 Å². The van der Waals surface area contributed by atoms with Crippen molar-refractivity contribution in [2.45, 2.75) is 13.0 Å². The fourth-order valence-corrected chi connectivity index (χ4v) is 2.26. The van der Waals surface area contributed by atoms with Gasteiger partial charge >= 0.3 is 11.7 Å². The Morgan fingerprint density at radius 1 is 1.26 bits per heavy atom. The molecular weight excluding hydrogens is 383 g/mol. The molecule has 0 aliphatic carbocycles. The molecule has 27 heavy (non-hydrogen) atoms. The minimum absolute atomic E-state index is 0.0173. The Balaban J connectivity index is 2.10. The molecule has 1 amide bonds. The number of hydrogen-bond acceptors (Lipinski definition) is 6. The van der Waals surface area contributed by atoms with Crippen LogP contribution in [0.4, 0.5) is 15.8 Å². The van der Waals surface area contributed by atoms with E-state index in [-0.39, 0.29) is 22.0 Å². The van der Waals surface area contributed by atoms with Crippen LogP contribution in [-0.4, -0.2) is 30.0 Å². The summed E-state index contributed by atoms with van der Waals surface area (Å²) < 4.78 is 23.5. The van der Waals surface area contributed by atoms with E-state index in [0.29, 0.717) is 0 Å². The number of methoxy groups -OCH3 is 1. The molecule has 0 bridgehead atoms. The van der Waals surface area contributed by atoms with Crippen LogP contribution in [0, 0.1) is 15.9 Å². The lowest BCUT2D eigenvalue weighted by molar-refractivity contribution is -0.387. The number of nitro benzene ring substituents is 1. The number of amides is 1. The van der Waals surface area contributed by atoms with Gasteiger partial charge in [-0.25, -0.2) is 4.79 Å². The molecule has 0 saturated heterocycles. The molecule has 0 heterocycles. The van der Waals surface area contributed by atoms with Gasteiger partial charge in [-0.3, -0.25) is 14.9 Å². The second-order valence-corrected chi connectivity index (χ2v) is 5.74. The molecule has 2 aromatic carbocycles. The zero-order valence-electron chi connectivity index (χ0n) is 14.2. The molecule has 0 aliphatic rings. The molecule has 10 heteroatoms. The number of ether oxygens (including phenoxy) is 2. The van der Waals surface area contributed by atoms with Gasteiger partial charge in [0.1, 0.15) is 11.3 Å². The SMILES string of the molecule is COc1ccc(Cl)cc1C(=O)O[C@@H](C)C(=O)Nc1ccc(F)c([N+](=O)[O-])c1. The van der Waals surface area contributed by atoms with Crippen LogP contribution in [0.1, 0.15) is 17.3 Å². The predicted octanol–water partition coefficient (Wildman–Crippen LogP) is 3.58. The van der Waals surface area contributed by atoms with E-state index in [4.69, 9.17) is 21.1 Å². The Morgan fingerprint density at radius 2 is 1.96 bits per heavy atom. The van der Waals surface area contributed by atoms with Crippen LogP contribution in [0.15, 0.2) is 36.4 Å². The molecule has 1 atom stereocenters. The van der Waals surface area contributed by atoms with Crippen molar-refractivity contribution in [3.05, 3.63) is 62.9 Å². The number of nitrogens with one attached hydrogen (secondary N) is 1. The van der Waals surface area contributed by atoms with Crippen LogP contribution in [0.25, 0.3) is 0 Å². The van der Waals surface area contributed by atoms with Crippen molar-refractivity contribution in [3.63, 3.8) is 0 Å². The van der Waals surface area contributed by atoms with Gasteiger partial charge < -0.3 is 14.8 Å². The van der Waals surface area contributed by atoms with Gasteiger partial charge in [-0.15, -0.1) is 0 Å². The summed E-state index contributed by atoms with van der Waals surface area (Å²) in [7, 11) is 1.36. The van der Waals surface area contributed by atoms with Crippen molar-refractivity contribution in [2.24, 2.45) is 0 Å². The molecule has 142 valence electrons. The van der Waals surface area contributed by atoms with E-state index >= 15 is 0 Å². The normalized spacial score (nSPS) is 11.4. The standard InChI is InChI=1S/C17H14ClFN2O6/c1-9(27-17(23)12-7-10(18)3-6-15(12)26-2)16(22)20-11-4-5-13(19)14(8-11)21(24)25/h3-9H,1-2H3,(H,20,22)/t9-/m0/s1. The highest BCUT2D eigenvalue weighted by molar-refractivity contribution is 6.31. The van der Waals surface area contributed by atoms with E-state index in [1.807, 2.05) is 0 Å². The van der Waals surface area contributed by atoms with Crippen molar-refractivity contribution >= 4 is 34.9 Å². The van der Waals surface area contributed by atoms with Crippen LogP contribution in [0.3, 0.4) is 0 Å². The summed E-state index contributed by atoms with van der Waals surface area (Å²) in [6.07, 6.45) is -1.25. The minimum Gasteiger partial charge on any atom is -0.496 e. The molecule has 0 aromatic heterocycles. The summed E-state index contributed by atoms with van der Waals surface area (Å²) in [6.45, 7) is 1.31. The average molecular weight is 397 g/mol. The average Bonchev–Trinajstić information content (AvgIpc) is 2.62. The number of benzene rings is 2. The van der Waals surface area contributed by atoms with Crippen molar-refractivity contribution in [2.75, 3.05) is 12.4 Å². The number of esters is 1. The number of carbonyl (C=O) groups is 2. The molecule has 0 saturated carbocycles.